The number of amides is 1. The average Bonchev–Trinajstić information content (AvgIpc) is 3.07. The summed E-state index contributed by atoms with van der Waals surface area (Å²) < 4.78 is 7.10. The number of ether oxygens (including phenoxy) is 1. The standard InChI is InChI=1S/C23H23ClN6O2/c1-32-22(31)28-11-15-8-17(24)5-6-18(15)30-20(12-28)26-27-21(30)16-9-23(10-16)13-29(14-23)19-4-2-3-7-25-19/h2-8,16H,9-14H2,1H3. The number of aromatic nitrogens is 4. The third-order valence-corrected chi connectivity index (χ3v) is 7.15. The number of benzene rings is 1. The Kier molecular flexibility index (Phi) is 4.40. The molecule has 2 aromatic heterocycles. The van der Waals surface area contributed by atoms with E-state index in [1.54, 1.807) is 4.90 Å². The van der Waals surface area contributed by atoms with Crippen LogP contribution < -0.4 is 4.90 Å². The zero-order chi connectivity index (χ0) is 21.9. The van der Waals surface area contributed by atoms with Gasteiger partial charge in [-0.2, -0.15) is 0 Å². The van der Waals surface area contributed by atoms with Gasteiger partial charge in [0.1, 0.15) is 11.6 Å². The van der Waals surface area contributed by atoms with Crippen molar-refractivity contribution in [1.82, 2.24) is 24.6 Å². The van der Waals surface area contributed by atoms with Crippen LogP contribution in [-0.4, -0.2) is 50.9 Å². The Labute approximate surface area is 190 Å². The van der Waals surface area contributed by atoms with Gasteiger partial charge in [-0.05, 0) is 48.7 Å². The first-order valence-corrected chi connectivity index (χ1v) is 11.1. The summed E-state index contributed by atoms with van der Waals surface area (Å²) in [6.07, 6.45) is 3.62. The number of nitrogens with zero attached hydrogens (tertiary/aromatic N) is 6. The summed E-state index contributed by atoms with van der Waals surface area (Å²) in [5.41, 5.74) is 2.28. The van der Waals surface area contributed by atoms with E-state index >= 15 is 0 Å². The first-order chi connectivity index (χ1) is 15.5. The van der Waals surface area contributed by atoms with Crippen molar-refractivity contribution < 1.29 is 9.53 Å². The second-order valence-corrected chi connectivity index (χ2v) is 9.49. The van der Waals surface area contributed by atoms with E-state index in [2.05, 4.69) is 30.7 Å². The quantitative estimate of drug-likeness (QED) is 0.591. The Morgan fingerprint density at radius 2 is 2.00 bits per heavy atom. The van der Waals surface area contributed by atoms with Gasteiger partial charge in [0.05, 0.1) is 25.9 Å². The molecular formula is C23H23ClN6O2. The van der Waals surface area contributed by atoms with E-state index in [9.17, 15) is 4.79 Å². The molecule has 1 amide bonds. The maximum absolute atomic E-state index is 12.3. The van der Waals surface area contributed by atoms with E-state index in [1.165, 1.54) is 7.11 Å². The molecule has 1 aromatic carbocycles. The van der Waals surface area contributed by atoms with Crippen LogP contribution in [0.25, 0.3) is 5.69 Å². The lowest BCUT2D eigenvalue weighted by molar-refractivity contribution is 0.0581. The van der Waals surface area contributed by atoms with E-state index in [1.807, 2.05) is 36.5 Å². The number of carbonyl (C=O) groups excluding carboxylic acids is 1. The average molecular weight is 451 g/mol. The molecule has 0 N–H and O–H groups in total. The van der Waals surface area contributed by atoms with Gasteiger partial charge >= 0.3 is 6.09 Å². The Bertz CT molecular complexity index is 1180. The van der Waals surface area contributed by atoms with Gasteiger partial charge in [0, 0.05) is 35.6 Å². The summed E-state index contributed by atoms with van der Waals surface area (Å²) in [6, 6.07) is 11.8. The van der Waals surface area contributed by atoms with Crippen molar-refractivity contribution in [3.8, 4) is 5.69 Å². The molecule has 3 aromatic rings. The third-order valence-electron chi connectivity index (χ3n) is 6.91. The molecule has 1 spiro atoms. The number of pyridine rings is 1. The summed E-state index contributed by atoms with van der Waals surface area (Å²) in [5.74, 6) is 3.11. The molecule has 8 nitrogen and oxygen atoms in total. The van der Waals surface area contributed by atoms with Crippen LogP contribution in [0.5, 0.6) is 0 Å². The molecule has 0 radical (unpaired) electrons. The topological polar surface area (TPSA) is 76.4 Å². The molecule has 32 heavy (non-hydrogen) atoms. The molecule has 3 aliphatic rings. The van der Waals surface area contributed by atoms with Crippen molar-refractivity contribution in [1.29, 1.82) is 0 Å². The number of methoxy groups -OCH3 is 1. The molecule has 6 rings (SSSR count). The molecule has 1 aliphatic carbocycles. The van der Waals surface area contributed by atoms with Crippen LogP contribution in [0.4, 0.5) is 10.6 Å². The zero-order valence-electron chi connectivity index (χ0n) is 17.7. The van der Waals surface area contributed by atoms with Crippen molar-refractivity contribution in [3.63, 3.8) is 0 Å². The van der Waals surface area contributed by atoms with Crippen molar-refractivity contribution in [2.24, 2.45) is 5.41 Å². The Balaban J connectivity index is 1.27. The van der Waals surface area contributed by atoms with Crippen LogP contribution in [-0.2, 0) is 17.8 Å². The maximum Gasteiger partial charge on any atom is 0.410 e. The third kappa shape index (κ3) is 3.04. The number of hydrogen-bond donors (Lipinski definition) is 0. The van der Waals surface area contributed by atoms with E-state index in [0.29, 0.717) is 29.4 Å². The predicted octanol–water partition coefficient (Wildman–Crippen LogP) is 3.78. The summed E-state index contributed by atoms with van der Waals surface area (Å²) in [7, 11) is 1.39. The second kappa shape index (κ2) is 7.20. The van der Waals surface area contributed by atoms with Crippen molar-refractivity contribution >= 4 is 23.5 Å². The SMILES string of the molecule is COC(=O)N1Cc2cc(Cl)ccc2-n2c(nnc2C2CC3(C2)CN(c2ccccn2)C3)C1. The lowest BCUT2D eigenvalue weighted by Crippen LogP contribution is -2.62. The minimum Gasteiger partial charge on any atom is -0.453 e. The normalized spacial score (nSPS) is 18.9. The zero-order valence-corrected chi connectivity index (χ0v) is 18.5. The highest BCUT2D eigenvalue weighted by Gasteiger charge is 2.54. The van der Waals surface area contributed by atoms with Crippen LogP contribution in [0, 0.1) is 5.41 Å². The minimum atomic E-state index is -0.388. The highest BCUT2D eigenvalue weighted by Crippen LogP contribution is 2.56. The molecule has 0 bridgehead atoms. The Hall–Kier alpha value is -3.13. The molecule has 164 valence electrons. The number of anilines is 1. The van der Waals surface area contributed by atoms with Crippen LogP contribution in [0.1, 0.15) is 36.0 Å². The second-order valence-electron chi connectivity index (χ2n) is 9.06. The minimum absolute atomic E-state index is 0.334. The van der Waals surface area contributed by atoms with Gasteiger partial charge in [0.25, 0.3) is 0 Å². The molecule has 1 saturated carbocycles. The first kappa shape index (κ1) is 19.5. The molecule has 2 fully saturated rings. The van der Waals surface area contributed by atoms with Crippen molar-refractivity contribution in [2.75, 3.05) is 25.1 Å². The number of hydrogen-bond acceptors (Lipinski definition) is 6. The lowest BCUT2D eigenvalue weighted by Gasteiger charge is -2.59. The Morgan fingerprint density at radius 3 is 2.75 bits per heavy atom. The summed E-state index contributed by atoms with van der Waals surface area (Å²) in [4.78, 5) is 20.8. The molecule has 9 heteroatoms. The monoisotopic (exact) mass is 450 g/mol. The van der Waals surface area contributed by atoms with Gasteiger partial charge in [0.2, 0.25) is 0 Å². The highest BCUT2D eigenvalue weighted by atomic mass is 35.5. The van der Waals surface area contributed by atoms with Crippen LogP contribution >= 0.6 is 11.6 Å². The fraction of sp³-hybridized carbons (Fsp3) is 0.391. The predicted molar refractivity (Wildman–Crippen MR) is 119 cm³/mol. The molecular weight excluding hydrogens is 428 g/mol. The van der Waals surface area contributed by atoms with Gasteiger partial charge in [-0.1, -0.05) is 17.7 Å². The van der Waals surface area contributed by atoms with E-state index in [-0.39, 0.29) is 6.09 Å². The van der Waals surface area contributed by atoms with Gasteiger partial charge in [-0.15, -0.1) is 10.2 Å². The van der Waals surface area contributed by atoms with Gasteiger partial charge < -0.3 is 9.64 Å². The smallest absolute Gasteiger partial charge is 0.410 e. The molecule has 2 aliphatic heterocycles. The number of halogens is 1. The first-order valence-electron chi connectivity index (χ1n) is 10.8. The van der Waals surface area contributed by atoms with Crippen molar-refractivity contribution in [3.05, 3.63) is 64.8 Å². The van der Waals surface area contributed by atoms with E-state index in [4.69, 9.17) is 16.3 Å². The summed E-state index contributed by atoms with van der Waals surface area (Å²) in [5, 5.41) is 9.69. The van der Waals surface area contributed by atoms with E-state index < -0.39 is 0 Å². The number of fused-ring (bicyclic) bond motifs is 3. The summed E-state index contributed by atoms with van der Waals surface area (Å²) in [6.45, 7) is 2.82. The van der Waals surface area contributed by atoms with Crippen molar-refractivity contribution in [2.45, 2.75) is 31.8 Å². The molecule has 0 unspecified atom stereocenters. The molecule has 0 atom stereocenters. The van der Waals surface area contributed by atoms with Gasteiger partial charge in [-0.25, -0.2) is 9.78 Å². The highest BCUT2D eigenvalue weighted by molar-refractivity contribution is 6.30. The van der Waals surface area contributed by atoms with Crippen LogP contribution in [0.3, 0.4) is 0 Å². The number of rotatable bonds is 2. The molecule has 4 heterocycles. The maximum atomic E-state index is 12.3. The molecule has 1 saturated heterocycles. The fourth-order valence-corrected chi connectivity index (χ4v) is 5.64. The summed E-state index contributed by atoms with van der Waals surface area (Å²) >= 11 is 6.28. The van der Waals surface area contributed by atoms with Crippen LogP contribution in [0.15, 0.2) is 42.6 Å². The fourth-order valence-electron chi connectivity index (χ4n) is 5.44. The Morgan fingerprint density at radius 1 is 1.16 bits per heavy atom. The lowest BCUT2D eigenvalue weighted by atomic mass is 9.57. The largest absolute Gasteiger partial charge is 0.453 e. The van der Waals surface area contributed by atoms with Gasteiger partial charge in [-0.3, -0.25) is 9.47 Å². The van der Waals surface area contributed by atoms with Crippen LogP contribution in [0.2, 0.25) is 5.02 Å². The van der Waals surface area contributed by atoms with E-state index in [0.717, 1.165) is 54.6 Å². The van der Waals surface area contributed by atoms with Gasteiger partial charge in [0.15, 0.2) is 5.82 Å². The number of carbonyl (C=O) groups is 1.